The fourth-order valence-corrected chi connectivity index (χ4v) is 1.96. The van der Waals surface area contributed by atoms with Crippen molar-refractivity contribution < 1.29 is 19.1 Å². The number of aryl methyl sites for hydroxylation is 2. The lowest BCUT2D eigenvalue weighted by Gasteiger charge is -2.17. The van der Waals surface area contributed by atoms with Gasteiger partial charge in [-0.3, -0.25) is 14.4 Å². The van der Waals surface area contributed by atoms with Crippen LogP contribution >= 0.6 is 0 Å². The van der Waals surface area contributed by atoms with Crippen molar-refractivity contribution in [2.24, 2.45) is 0 Å². The molecule has 0 saturated heterocycles. The zero-order chi connectivity index (χ0) is 17.4. The van der Waals surface area contributed by atoms with E-state index in [0.29, 0.717) is 18.5 Å². The molecule has 1 rings (SSSR count). The Morgan fingerprint density at radius 3 is 2.48 bits per heavy atom. The smallest absolute Gasteiger partial charge is 0.305 e. The number of hydrogen-bond acceptors (Lipinski definition) is 4. The molecule has 1 aromatic carbocycles. The number of methoxy groups -OCH3 is 1. The van der Waals surface area contributed by atoms with Crippen molar-refractivity contribution in [2.75, 3.05) is 27.2 Å². The van der Waals surface area contributed by atoms with E-state index in [1.54, 1.807) is 19.2 Å². The monoisotopic (exact) mass is 320 g/mol. The second-order valence-corrected chi connectivity index (χ2v) is 5.48. The van der Waals surface area contributed by atoms with Gasteiger partial charge in [0.1, 0.15) is 0 Å². The first-order valence-electron chi connectivity index (χ1n) is 7.51. The van der Waals surface area contributed by atoms with E-state index in [1.165, 1.54) is 12.0 Å². The van der Waals surface area contributed by atoms with Crippen LogP contribution in [0.3, 0.4) is 0 Å². The minimum absolute atomic E-state index is 0.0690. The number of benzene rings is 1. The van der Waals surface area contributed by atoms with Gasteiger partial charge >= 0.3 is 5.97 Å². The summed E-state index contributed by atoms with van der Waals surface area (Å²) in [6, 6.07) is 5.42. The van der Waals surface area contributed by atoms with E-state index in [2.05, 4.69) is 10.1 Å². The predicted molar refractivity (Wildman–Crippen MR) is 87.1 cm³/mol. The van der Waals surface area contributed by atoms with E-state index in [4.69, 9.17) is 0 Å². The number of nitrogens with one attached hydrogen (secondary N) is 1. The third-order valence-electron chi connectivity index (χ3n) is 3.70. The molecule has 2 amide bonds. The largest absolute Gasteiger partial charge is 0.469 e. The van der Waals surface area contributed by atoms with Crippen LogP contribution in [0.2, 0.25) is 0 Å². The van der Waals surface area contributed by atoms with Crippen molar-refractivity contribution in [3.63, 3.8) is 0 Å². The van der Waals surface area contributed by atoms with E-state index >= 15 is 0 Å². The second-order valence-electron chi connectivity index (χ2n) is 5.48. The Morgan fingerprint density at radius 2 is 1.87 bits per heavy atom. The fourth-order valence-electron chi connectivity index (χ4n) is 1.96. The lowest BCUT2D eigenvalue weighted by atomic mass is 10.1. The van der Waals surface area contributed by atoms with E-state index < -0.39 is 0 Å². The lowest BCUT2D eigenvalue weighted by molar-refractivity contribution is -0.141. The van der Waals surface area contributed by atoms with Crippen LogP contribution in [-0.4, -0.2) is 49.9 Å². The summed E-state index contributed by atoms with van der Waals surface area (Å²) in [5.41, 5.74) is 2.68. The maximum Gasteiger partial charge on any atom is 0.305 e. The minimum atomic E-state index is -0.297. The molecule has 0 aliphatic rings. The van der Waals surface area contributed by atoms with Crippen molar-refractivity contribution >= 4 is 17.8 Å². The van der Waals surface area contributed by atoms with Gasteiger partial charge in [-0.05, 0) is 43.5 Å². The quantitative estimate of drug-likeness (QED) is 0.772. The Bertz CT molecular complexity index is 584. The molecule has 0 unspecified atom stereocenters. The Morgan fingerprint density at radius 1 is 1.17 bits per heavy atom. The molecule has 0 aliphatic heterocycles. The molecule has 0 fully saturated rings. The first-order valence-corrected chi connectivity index (χ1v) is 7.51. The van der Waals surface area contributed by atoms with Gasteiger partial charge in [-0.25, -0.2) is 0 Å². The Kier molecular flexibility index (Phi) is 7.25. The van der Waals surface area contributed by atoms with Crippen LogP contribution in [0.1, 0.15) is 34.3 Å². The fraction of sp³-hybridized carbons (Fsp3) is 0.471. The van der Waals surface area contributed by atoms with Crippen LogP contribution < -0.4 is 5.32 Å². The minimum Gasteiger partial charge on any atom is -0.469 e. The van der Waals surface area contributed by atoms with Crippen molar-refractivity contribution in [2.45, 2.75) is 26.7 Å². The second kappa shape index (κ2) is 8.92. The molecule has 0 aliphatic carbocycles. The molecule has 6 heteroatoms. The Labute approximate surface area is 136 Å². The zero-order valence-electron chi connectivity index (χ0n) is 14.1. The number of nitrogens with zero attached hydrogens (tertiary/aromatic N) is 1. The average Bonchev–Trinajstić information content (AvgIpc) is 2.54. The highest BCUT2D eigenvalue weighted by atomic mass is 16.5. The summed E-state index contributed by atoms with van der Waals surface area (Å²) in [4.78, 5) is 36.5. The number of rotatable bonds is 7. The molecule has 0 spiro atoms. The van der Waals surface area contributed by atoms with Gasteiger partial charge in [0.15, 0.2) is 0 Å². The van der Waals surface area contributed by atoms with Crippen LogP contribution in [0.15, 0.2) is 18.2 Å². The highest BCUT2D eigenvalue weighted by molar-refractivity contribution is 5.96. The van der Waals surface area contributed by atoms with Crippen molar-refractivity contribution in [3.05, 3.63) is 34.9 Å². The van der Waals surface area contributed by atoms with Gasteiger partial charge in [0.05, 0.1) is 13.7 Å². The van der Waals surface area contributed by atoms with E-state index in [-0.39, 0.29) is 30.7 Å². The SMILES string of the molecule is COC(=O)CCCN(C)C(=O)CNC(=O)c1ccc(C)c(C)c1. The van der Waals surface area contributed by atoms with Crippen molar-refractivity contribution in [1.82, 2.24) is 10.2 Å². The van der Waals surface area contributed by atoms with Gasteiger partial charge in [-0.1, -0.05) is 6.07 Å². The molecule has 0 aromatic heterocycles. The van der Waals surface area contributed by atoms with Crippen LogP contribution in [-0.2, 0) is 14.3 Å². The number of likely N-dealkylation sites (N-methyl/N-ethyl adjacent to an activating group) is 1. The highest BCUT2D eigenvalue weighted by Gasteiger charge is 2.12. The maximum atomic E-state index is 12.0. The molecule has 1 N–H and O–H groups in total. The summed E-state index contributed by atoms with van der Waals surface area (Å²) in [5.74, 6) is -0.773. The number of carbonyl (C=O) groups excluding carboxylic acids is 3. The van der Waals surface area contributed by atoms with Crippen LogP contribution in [0, 0.1) is 13.8 Å². The molecule has 0 atom stereocenters. The Balaban J connectivity index is 2.40. The molecule has 0 saturated carbocycles. The third-order valence-corrected chi connectivity index (χ3v) is 3.70. The van der Waals surface area contributed by atoms with Crippen LogP contribution in [0.25, 0.3) is 0 Å². The van der Waals surface area contributed by atoms with E-state index in [9.17, 15) is 14.4 Å². The number of ether oxygens (including phenoxy) is 1. The zero-order valence-corrected chi connectivity index (χ0v) is 14.1. The molecule has 0 radical (unpaired) electrons. The molecular formula is C17H24N2O4. The molecule has 0 bridgehead atoms. The number of esters is 1. The van der Waals surface area contributed by atoms with Gasteiger partial charge in [0.2, 0.25) is 5.91 Å². The molecule has 6 nitrogen and oxygen atoms in total. The first-order chi connectivity index (χ1) is 10.8. The summed E-state index contributed by atoms with van der Waals surface area (Å²) in [7, 11) is 2.97. The van der Waals surface area contributed by atoms with E-state index in [1.807, 2.05) is 19.9 Å². The third kappa shape index (κ3) is 6.10. The lowest BCUT2D eigenvalue weighted by Crippen LogP contribution is -2.38. The Hall–Kier alpha value is -2.37. The number of carbonyl (C=O) groups is 3. The molecular weight excluding hydrogens is 296 g/mol. The van der Waals surface area contributed by atoms with Gasteiger partial charge in [0.25, 0.3) is 5.91 Å². The maximum absolute atomic E-state index is 12.0. The average molecular weight is 320 g/mol. The van der Waals surface area contributed by atoms with Gasteiger partial charge in [-0.15, -0.1) is 0 Å². The highest BCUT2D eigenvalue weighted by Crippen LogP contribution is 2.09. The van der Waals surface area contributed by atoms with Gasteiger partial charge < -0.3 is 15.0 Å². The molecule has 0 heterocycles. The van der Waals surface area contributed by atoms with Crippen molar-refractivity contribution in [1.29, 1.82) is 0 Å². The molecule has 1 aromatic rings. The summed E-state index contributed by atoms with van der Waals surface area (Å²) >= 11 is 0. The van der Waals surface area contributed by atoms with Crippen LogP contribution in [0.4, 0.5) is 0 Å². The number of hydrogen-bond donors (Lipinski definition) is 1. The standard InChI is InChI=1S/C17H24N2O4/c1-12-7-8-14(10-13(12)2)17(22)18-11-15(20)19(3)9-5-6-16(21)23-4/h7-8,10H,5-6,9,11H2,1-4H3,(H,18,22). The molecule has 126 valence electrons. The topological polar surface area (TPSA) is 75.7 Å². The van der Waals surface area contributed by atoms with Crippen molar-refractivity contribution in [3.8, 4) is 0 Å². The summed E-state index contributed by atoms with van der Waals surface area (Å²) < 4.78 is 4.54. The first kappa shape index (κ1) is 18.7. The van der Waals surface area contributed by atoms with Crippen LogP contribution in [0.5, 0.6) is 0 Å². The summed E-state index contributed by atoms with van der Waals surface area (Å²) in [6.07, 6.45) is 0.795. The number of amides is 2. The molecule has 23 heavy (non-hydrogen) atoms. The summed E-state index contributed by atoms with van der Waals surface area (Å²) in [6.45, 7) is 4.28. The predicted octanol–water partition coefficient (Wildman–Crippen LogP) is 1.44. The summed E-state index contributed by atoms with van der Waals surface area (Å²) in [5, 5.41) is 2.61. The van der Waals surface area contributed by atoms with E-state index in [0.717, 1.165) is 11.1 Å². The van der Waals surface area contributed by atoms with Gasteiger partial charge in [-0.2, -0.15) is 0 Å². The normalized spacial score (nSPS) is 10.1. The van der Waals surface area contributed by atoms with Gasteiger partial charge in [0, 0.05) is 25.6 Å².